The van der Waals surface area contributed by atoms with Crippen molar-refractivity contribution in [1.82, 2.24) is 5.32 Å². The fourth-order valence-corrected chi connectivity index (χ4v) is 1.89. The van der Waals surface area contributed by atoms with Crippen LogP contribution in [0.1, 0.15) is 12.8 Å². The summed E-state index contributed by atoms with van der Waals surface area (Å²) in [6.07, 6.45) is 2.31. The SMILES string of the molecule is O=C(CSc1ccccc1)NC1CC1. The Labute approximate surface area is 88.1 Å². The van der Waals surface area contributed by atoms with Crippen molar-refractivity contribution < 1.29 is 4.79 Å². The molecule has 74 valence electrons. The van der Waals surface area contributed by atoms with E-state index in [1.165, 1.54) is 0 Å². The number of amides is 1. The first-order valence-corrected chi connectivity index (χ1v) is 5.80. The van der Waals surface area contributed by atoms with Crippen molar-refractivity contribution in [2.75, 3.05) is 5.75 Å². The minimum absolute atomic E-state index is 0.154. The molecule has 0 bridgehead atoms. The largest absolute Gasteiger partial charge is 0.353 e. The Morgan fingerprint density at radius 1 is 1.36 bits per heavy atom. The number of carbonyl (C=O) groups excluding carboxylic acids is 1. The third-order valence-corrected chi connectivity index (χ3v) is 3.07. The Balaban J connectivity index is 1.73. The molecule has 1 aromatic carbocycles. The Kier molecular flexibility index (Phi) is 3.09. The highest BCUT2D eigenvalue weighted by Gasteiger charge is 2.22. The number of nitrogens with one attached hydrogen (secondary N) is 1. The molecule has 1 aliphatic rings. The van der Waals surface area contributed by atoms with Crippen molar-refractivity contribution in [3.63, 3.8) is 0 Å². The van der Waals surface area contributed by atoms with E-state index in [0.717, 1.165) is 17.7 Å². The quantitative estimate of drug-likeness (QED) is 0.766. The molecule has 0 spiro atoms. The summed E-state index contributed by atoms with van der Waals surface area (Å²) < 4.78 is 0. The highest BCUT2D eigenvalue weighted by molar-refractivity contribution is 8.00. The second-order valence-electron chi connectivity index (χ2n) is 3.44. The van der Waals surface area contributed by atoms with Crippen LogP contribution in [0.2, 0.25) is 0 Å². The van der Waals surface area contributed by atoms with Gasteiger partial charge in [0.15, 0.2) is 0 Å². The van der Waals surface area contributed by atoms with Crippen LogP contribution in [0.25, 0.3) is 0 Å². The molecular weight excluding hydrogens is 194 g/mol. The maximum atomic E-state index is 11.3. The smallest absolute Gasteiger partial charge is 0.230 e. The number of rotatable bonds is 4. The molecule has 1 saturated carbocycles. The molecule has 0 saturated heterocycles. The minimum atomic E-state index is 0.154. The third-order valence-electron chi connectivity index (χ3n) is 2.06. The Morgan fingerprint density at radius 2 is 2.07 bits per heavy atom. The Bertz CT molecular complexity index is 308. The molecule has 0 aliphatic heterocycles. The standard InChI is InChI=1S/C11H13NOS/c13-11(12-9-6-7-9)8-14-10-4-2-1-3-5-10/h1-5,9H,6-8H2,(H,12,13). The van der Waals surface area contributed by atoms with E-state index in [2.05, 4.69) is 5.32 Å². The average molecular weight is 207 g/mol. The zero-order chi connectivity index (χ0) is 9.80. The summed E-state index contributed by atoms with van der Waals surface area (Å²) in [7, 11) is 0. The van der Waals surface area contributed by atoms with Crippen LogP contribution in [-0.4, -0.2) is 17.7 Å². The molecule has 3 heteroatoms. The Hall–Kier alpha value is -0.960. The van der Waals surface area contributed by atoms with Crippen molar-refractivity contribution in [1.29, 1.82) is 0 Å². The fourth-order valence-electron chi connectivity index (χ4n) is 1.16. The van der Waals surface area contributed by atoms with Crippen LogP contribution in [0.15, 0.2) is 35.2 Å². The van der Waals surface area contributed by atoms with E-state index in [9.17, 15) is 4.79 Å². The monoisotopic (exact) mass is 207 g/mol. The number of thioether (sulfide) groups is 1. The van der Waals surface area contributed by atoms with Crippen LogP contribution < -0.4 is 5.32 Å². The molecule has 1 amide bonds. The number of benzene rings is 1. The fraction of sp³-hybridized carbons (Fsp3) is 0.364. The number of hydrogen-bond donors (Lipinski definition) is 1. The molecular formula is C11H13NOS. The van der Waals surface area contributed by atoms with E-state index < -0.39 is 0 Å². The van der Waals surface area contributed by atoms with Gasteiger partial charge in [0, 0.05) is 10.9 Å². The minimum Gasteiger partial charge on any atom is -0.353 e. The van der Waals surface area contributed by atoms with Gasteiger partial charge in [-0.3, -0.25) is 4.79 Å². The topological polar surface area (TPSA) is 29.1 Å². The summed E-state index contributed by atoms with van der Waals surface area (Å²) >= 11 is 1.59. The summed E-state index contributed by atoms with van der Waals surface area (Å²) in [6.45, 7) is 0. The van der Waals surface area contributed by atoms with Gasteiger partial charge in [-0.25, -0.2) is 0 Å². The van der Waals surface area contributed by atoms with Gasteiger partial charge in [0.2, 0.25) is 5.91 Å². The molecule has 1 aliphatic carbocycles. The lowest BCUT2D eigenvalue weighted by Gasteiger charge is -2.02. The average Bonchev–Trinajstić information content (AvgIpc) is 3.00. The van der Waals surface area contributed by atoms with Gasteiger partial charge >= 0.3 is 0 Å². The van der Waals surface area contributed by atoms with Crippen molar-refractivity contribution in [2.45, 2.75) is 23.8 Å². The van der Waals surface area contributed by atoms with Crippen LogP contribution in [0.3, 0.4) is 0 Å². The van der Waals surface area contributed by atoms with Crippen molar-refractivity contribution in [3.8, 4) is 0 Å². The molecule has 0 heterocycles. The van der Waals surface area contributed by atoms with Gasteiger partial charge in [-0.05, 0) is 25.0 Å². The zero-order valence-corrected chi connectivity index (χ0v) is 8.72. The maximum Gasteiger partial charge on any atom is 0.230 e. The van der Waals surface area contributed by atoms with E-state index >= 15 is 0 Å². The predicted molar refractivity (Wildman–Crippen MR) is 58.3 cm³/mol. The lowest BCUT2D eigenvalue weighted by atomic mass is 10.4. The van der Waals surface area contributed by atoms with E-state index in [1.54, 1.807) is 11.8 Å². The zero-order valence-electron chi connectivity index (χ0n) is 7.90. The lowest BCUT2D eigenvalue weighted by Crippen LogP contribution is -2.26. The number of hydrogen-bond acceptors (Lipinski definition) is 2. The Morgan fingerprint density at radius 3 is 2.71 bits per heavy atom. The van der Waals surface area contributed by atoms with E-state index in [4.69, 9.17) is 0 Å². The van der Waals surface area contributed by atoms with Crippen LogP contribution in [0.4, 0.5) is 0 Å². The van der Waals surface area contributed by atoms with Gasteiger partial charge in [-0.2, -0.15) is 0 Å². The molecule has 1 fully saturated rings. The highest BCUT2D eigenvalue weighted by atomic mass is 32.2. The van der Waals surface area contributed by atoms with Crippen LogP contribution in [0, 0.1) is 0 Å². The van der Waals surface area contributed by atoms with Crippen molar-refractivity contribution in [3.05, 3.63) is 30.3 Å². The van der Waals surface area contributed by atoms with E-state index in [-0.39, 0.29) is 5.91 Å². The molecule has 1 N–H and O–H groups in total. The van der Waals surface area contributed by atoms with Crippen LogP contribution in [-0.2, 0) is 4.79 Å². The summed E-state index contributed by atoms with van der Waals surface area (Å²) in [6, 6.07) is 10.5. The van der Waals surface area contributed by atoms with Gasteiger partial charge in [0.25, 0.3) is 0 Å². The number of carbonyl (C=O) groups is 1. The highest BCUT2D eigenvalue weighted by Crippen LogP contribution is 2.20. The molecule has 2 nitrogen and oxygen atoms in total. The van der Waals surface area contributed by atoms with Gasteiger partial charge in [-0.15, -0.1) is 11.8 Å². The molecule has 0 radical (unpaired) electrons. The van der Waals surface area contributed by atoms with Gasteiger partial charge in [0.1, 0.15) is 0 Å². The normalized spacial score (nSPS) is 15.1. The first kappa shape index (κ1) is 9.59. The second-order valence-corrected chi connectivity index (χ2v) is 4.49. The first-order valence-electron chi connectivity index (χ1n) is 4.82. The third kappa shape index (κ3) is 3.07. The van der Waals surface area contributed by atoms with Crippen LogP contribution in [0.5, 0.6) is 0 Å². The van der Waals surface area contributed by atoms with Crippen molar-refractivity contribution in [2.24, 2.45) is 0 Å². The summed E-state index contributed by atoms with van der Waals surface area (Å²) in [5.41, 5.74) is 0. The van der Waals surface area contributed by atoms with Gasteiger partial charge < -0.3 is 5.32 Å². The second kappa shape index (κ2) is 4.51. The van der Waals surface area contributed by atoms with E-state index in [1.807, 2.05) is 30.3 Å². The molecule has 0 unspecified atom stereocenters. The molecule has 2 rings (SSSR count). The van der Waals surface area contributed by atoms with E-state index in [0.29, 0.717) is 11.8 Å². The molecule has 14 heavy (non-hydrogen) atoms. The van der Waals surface area contributed by atoms with Crippen LogP contribution >= 0.6 is 11.8 Å². The van der Waals surface area contributed by atoms with Gasteiger partial charge in [0.05, 0.1) is 5.75 Å². The first-order chi connectivity index (χ1) is 6.84. The molecule has 0 aromatic heterocycles. The predicted octanol–water partition coefficient (Wildman–Crippen LogP) is 2.06. The summed E-state index contributed by atoms with van der Waals surface area (Å²) in [5.74, 6) is 0.682. The summed E-state index contributed by atoms with van der Waals surface area (Å²) in [4.78, 5) is 12.5. The maximum absolute atomic E-state index is 11.3. The molecule has 0 atom stereocenters. The molecule has 1 aromatic rings. The van der Waals surface area contributed by atoms with Gasteiger partial charge in [-0.1, -0.05) is 18.2 Å². The lowest BCUT2D eigenvalue weighted by molar-refractivity contribution is -0.118. The summed E-state index contributed by atoms with van der Waals surface area (Å²) in [5, 5.41) is 2.96. The van der Waals surface area contributed by atoms with Crippen molar-refractivity contribution >= 4 is 17.7 Å².